The molecule has 0 aliphatic carbocycles. The first-order valence-electron chi connectivity index (χ1n) is 10.5. The van der Waals surface area contributed by atoms with E-state index in [0.29, 0.717) is 24.9 Å². The zero-order valence-corrected chi connectivity index (χ0v) is 17.8. The standard InChI is InChI=1S/C25H27N3O3/c1-3-5-11-22(29)24-26-23(28(27-24)16-6-4-2)17-18-12-14-19(15-13-18)20-9-7-8-10-21(20)25(30)31/h4,7-10,12-15H,2-3,5-6,11,16-17H2,1H3,(H,30,31). The third-order valence-electron chi connectivity index (χ3n) is 5.08. The van der Waals surface area contributed by atoms with E-state index >= 15 is 0 Å². The van der Waals surface area contributed by atoms with Crippen molar-refractivity contribution < 1.29 is 14.7 Å². The molecule has 1 heterocycles. The number of carboxylic acid groups (broad SMARTS) is 1. The molecule has 0 aliphatic heterocycles. The largest absolute Gasteiger partial charge is 0.478 e. The number of aromatic carboxylic acids is 1. The molecule has 0 saturated heterocycles. The lowest BCUT2D eigenvalue weighted by Crippen LogP contribution is -2.07. The van der Waals surface area contributed by atoms with Gasteiger partial charge in [0.1, 0.15) is 5.82 Å². The van der Waals surface area contributed by atoms with E-state index in [1.54, 1.807) is 22.9 Å². The fraction of sp³-hybridized carbons (Fsp3) is 0.280. The molecular formula is C25H27N3O3. The Kier molecular flexibility index (Phi) is 7.49. The van der Waals surface area contributed by atoms with Crippen LogP contribution in [0.3, 0.4) is 0 Å². The summed E-state index contributed by atoms with van der Waals surface area (Å²) < 4.78 is 1.79. The summed E-state index contributed by atoms with van der Waals surface area (Å²) in [5, 5.41) is 13.9. The van der Waals surface area contributed by atoms with E-state index in [2.05, 4.69) is 16.7 Å². The SMILES string of the molecule is C=CCCn1nc(C(=O)CCCC)nc1Cc1ccc(-c2ccccc2C(=O)O)cc1. The molecule has 6 nitrogen and oxygen atoms in total. The van der Waals surface area contributed by atoms with Gasteiger partial charge in [-0.15, -0.1) is 11.7 Å². The number of ketones is 1. The average molecular weight is 418 g/mol. The van der Waals surface area contributed by atoms with Gasteiger partial charge in [0.25, 0.3) is 0 Å². The van der Waals surface area contributed by atoms with Crippen LogP contribution in [0.4, 0.5) is 0 Å². The Morgan fingerprint density at radius 3 is 2.55 bits per heavy atom. The summed E-state index contributed by atoms with van der Waals surface area (Å²) in [5.74, 6) is 0.0382. The highest BCUT2D eigenvalue weighted by atomic mass is 16.4. The molecule has 0 aliphatic rings. The second-order valence-electron chi connectivity index (χ2n) is 7.40. The molecule has 2 aromatic carbocycles. The normalized spacial score (nSPS) is 10.7. The van der Waals surface area contributed by atoms with Crippen molar-refractivity contribution in [2.24, 2.45) is 0 Å². The summed E-state index contributed by atoms with van der Waals surface area (Å²) in [6.07, 6.45) is 5.33. The van der Waals surface area contributed by atoms with Gasteiger partial charge < -0.3 is 5.11 Å². The van der Waals surface area contributed by atoms with Gasteiger partial charge in [0.05, 0.1) is 5.56 Å². The van der Waals surface area contributed by atoms with Crippen molar-refractivity contribution in [3.05, 3.63) is 84.0 Å². The Bertz CT molecular complexity index is 1070. The number of Topliss-reactive ketones (excluding diaryl/α,β-unsaturated/α-hetero) is 1. The number of hydrogen-bond donors (Lipinski definition) is 1. The first kappa shape index (κ1) is 22.2. The van der Waals surface area contributed by atoms with Gasteiger partial charge in [-0.3, -0.25) is 4.79 Å². The first-order valence-corrected chi connectivity index (χ1v) is 10.5. The number of rotatable bonds is 11. The maximum absolute atomic E-state index is 12.4. The molecule has 3 aromatic rings. The van der Waals surface area contributed by atoms with E-state index in [-0.39, 0.29) is 17.2 Å². The molecule has 0 bridgehead atoms. The van der Waals surface area contributed by atoms with Crippen LogP contribution in [0.15, 0.2) is 61.2 Å². The summed E-state index contributed by atoms with van der Waals surface area (Å²) in [7, 11) is 0. The quantitative estimate of drug-likeness (QED) is 0.343. The van der Waals surface area contributed by atoms with Crippen LogP contribution in [-0.2, 0) is 13.0 Å². The molecule has 3 rings (SSSR count). The minimum atomic E-state index is -0.949. The molecule has 160 valence electrons. The monoisotopic (exact) mass is 417 g/mol. The molecule has 1 N–H and O–H groups in total. The maximum Gasteiger partial charge on any atom is 0.336 e. The summed E-state index contributed by atoms with van der Waals surface area (Å²) in [4.78, 5) is 28.4. The molecule has 31 heavy (non-hydrogen) atoms. The van der Waals surface area contributed by atoms with Gasteiger partial charge in [-0.25, -0.2) is 14.5 Å². The smallest absolute Gasteiger partial charge is 0.336 e. The van der Waals surface area contributed by atoms with Gasteiger partial charge in [0.15, 0.2) is 0 Å². The van der Waals surface area contributed by atoms with E-state index in [9.17, 15) is 14.7 Å². The number of aromatic nitrogens is 3. The summed E-state index contributed by atoms with van der Waals surface area (Å²) >= 11 is 0. The lowest BCUT2D eigenvalue weighted by molar-refractivity contribution is 0.0697. The fourth-order valence-corrected chi connectivity index (χ4v) is 3.37. The molecule has 0 amide bonds. The minimum Gasteiger partial charge on any atom is -0.478 e. The van der Waals surface area contributed by atoms with Crippen molar-refractivity contribution in [3.63, 3.8) is 0 Å². The summed E-state index contributed by atoms with van der Waals surface area (Å²) in [5.41, 5.74) is 2.80. The number of carbonyl (C=O) groups is 2. The predicted molar refractivity (Wildman–Crippen MR) is 120 cm³/mol. The third kappa shape index (κ3) is 5.54. The number of nitrogens with zero attached hydrogens (tertiary/aromatic N) is 3. The van der Waals surface area contributed by atoms with Crippen molar-refractivity contribution in [1.29, 1.82) is 0 Å². The Labute approximate surface area is 182 Å². The second-order valence-corrected chi connectivity index (χ2v) is 7.40. The highest BCUT2D eigenvalue weighted by Crippen LogP contribution is 2.24. The Hall–Kier alpha value is -3.54. The van der Waals surface area contributed by atoms with Crippen LogP contribution >= 0.6 is 0 Å². The van der Waals surface area contributed by atoms with E-state index in [1.165, 1.54) is 0 Å². The van der Waals surface area contributed by atoms with Crippen molar-refractivity contribution in [1.82, 2.24) is 14.8 Å². The predicted octanol–water partition coefficient (Wildman–Crippen LogP) is 5.18. The lowest BCUT2D eigenvalue weighted by atomic mass is 9.98. The van der Waals surface area contributed by atoms with Gasteiger partial charge >= 0.3 is 5.97 Å². The molecule has 0 fully saturated rings. The summed E-state index contributed by atoms with van der Waals surface area (Å²) in [6.45, 7) is 6.43. The number of aryl methyl sites for hydroxylation is 1. The van der Waals surface area contributed by atoms with Crippen LogP contribution in [0.2, 0.25) is 0 Å². The van der Waals surface area contributed by atoms with Gasteiger partial charge in [-0.1, -0.05) is 61.9 Å². The first-order chi connectivity index (χ1) is 15.0. The van der Waals surface area contributed by atoms with Crippen LogP contribution in [0.1, 0.15) is 65.0 Å². The molecule has 1 aromatic heterocycles. The number of carbonyl (C=O) groups excluding carboxylic acids is 1. The van der Waals surface area contributed by atoms with E-state index < -0.39 is 5.97 Å². The second kappa shape index (κ2) is 10.5. The van der Waals surface area contributed by atoms with Crippen LogP contribution in [0, 0.1) is 0 Å². The molecule has 0 saturated carbocycles. The third-order valence-corrected chi connectivity index (χ3v) is 5.08. The van der Waals surface area contributed by atoms with Gasteiger partial charge in [-0.2, -0.15) is 0 Å². The van der Waals surface area contributed by atoms with Gasteiger partial charge in [0, 0.05) is 19.4 Å². The topological polar surface area (TPSA) is 85.1 Å². The van der Waals surface area contributed by atoms with Gasteiger partial charge in [-0.05, 0) is 35.6 Å². The Balaban J connectivity index is 1.83. The zero-order valence-electron chi connectivity index (χ0n) is 17.8. The van der Waals surface area contributed by atoms with E-state index in [0.717, 1.165) is 36.2 Å². The van der Waals surface area contributed by atoms with Crippen molar-refractivity contribution in [2.45, 2.75) is 45.6 Å². The van der Waals surface area contributed by atoms with Crippen LogP contribution in [-0.4, -0.2) is 31.6 Å². The average Bonchev–Trinajstić information content (AvgIpc) is 3.19. The van der Waals surface area contributed by atoms with E-state index in [1.807, 2.05) is 43.3 Å². The number of carboxylic acids is 1. The maximum atomic E-state index is 12.4. The molecule has 0 unspecified atom stereocenters. The number of unbranched alkanes of at least 4 members (excludes halogenated alkanes) is 1. The molecule has 0 spiro atoms. The zero-order chi connectivity index (χ0) is 22.2. The van der Waals surface area contributed by atoms with Crippen LogP contribution in [0.5, 0.6) is 0 Å². The molecule has 0 radical (unpaired) electrons. The minimum absolute atomic E-state index is 0.0268. The van der Waals surface area contributed by atoms with Crippen molar-refractivity contribution in [2.75, 3.05) is 0 Å². The molecule has 0 atom stereocenters. The lowest BCUT2D eigenvalue weighted by Gasteiger charge is -2.08. The Morgan fingerprint density at radius 2 is 1.87 bits per heavy atom. The molecule has 6 heteroatoms. The number of benzene rings is 2. The van der Waals surface area contributed by atoms with E-state index in [4.69, 9.17) is 0 Å². The number of hydrogen-bond acceptors (Lipinski definition) is 4. The molecular weight excluding hydrogens is 390 g/mol. The van der Waals surface area contributed by atoms with Crippen LogP contribution < -0.4 is 0 Å². The van der Waals surface area contributed by atoms with Gasteiger partial charge in [0.2, 0.25) is 11.6 Å². The highest BCUT2D eigenvalue weighted by molar-refractivity contribution is 5.96. The van der Waals surface area contributed by atoms with Crippen molar-refractivity contribution in [3.8, 4) is 11.1 Å². The Morgan fingerprint density at radius 1 is 1.13 bits per heavy atom. The van der Waals surface area contributed by atoms with Crippen molar-refractivity contribution >= 4 is 11.8 Å². The summed E-state index contributed by atoms with van der Waals surface area (Å²) in [6, 6.07) is 14.7. The fourth-order valence-electron chi connectivity index (χ4n) is 3.37. The number of allylic oxidation sites excluding steroid dienone is 1. The highest BCUT2D eigenvalue weighted by Gasteiger charge is 2.16. The van der Waals surface area contributed by atoms with Crippen LogP contribution in [0.25, 0.3) is 11.1 Å².